The number of hydrogen-bond acceptors (Lipinski definition) is 9. The lowest BCUT2D eigenvalue weighted by molar-refractivity contribution is -0.250. The predicted octanol–water partition coefficient (Wildman–Crippen LogP) is 6.30. The van der Waals surface area contributed by atoms with E-state index in [0.717, 1.165) is 21.7 Å². The highest BCUT2D eigenvalue weighted by Crippen LogP contribution is 2.66. The van der Waals surface area contributed by atoms with E-state index in [2.05, 4.69) is 27.7 Å². The quantitative estimate of drug-likeness (QED) is 0.387. The minimum absolute atomic E-state index is 0.313. The molecule has 0 aromatic carbocycles. The monoisotopic (exact) mass is 492 g/mol. The molecule has 0 aliphatic carbocycles. The number of ether oxygens (including phenoxy) is 2. The van der Waals surface area contributed by atoms with Crippen molar-refractivity contribution in [3.8, 4) is 0 Å². The van der Waals surface area contributed by atoms with Crippen molar-refractivity contribution >= 4 is 70.6 Å². The summed E-state index contributed by atoms with van der Waals surface area (Å²) in [5.74, 6) is 2.83. The van der Waals surface area contributed by atoms with Crippen LogP contribution in [0.15, 0.2) is 27.1 Å². The Morgan fingerprint density at radius 3 is 1.64 bits per heavy atom. The van der Waals surface area contributed by atoms with Gasteiger partial charge in [-0.15, -0.1) is 33.8 Å². The molecular weight excluding hydrogens is 471 g/mol. The molecule has 0 N–H and O–H groups in total. The van der Waals surface area contributed by atoms with Gasteiger partial charge in [0.1, 0.15) is 13.2 Å². The third-order valence-corrected chi connectivity index (χ3v) is 14.6. The minimum Gasteiger partial charge on any atom is -0.480 e. The number of hydroxylamine groups is 2. The van der Waals surface area contributed by atoms with Crippen LogP contribution in [0.2, 0.25) is 0 Å². The van der Waals surface area contributed by atoms with E-state index in [0.29, 0.717) is 25.0 Å². The second-order valence-corrected chi connectivity index (χ2v) is 15.4. The van der Waals surface area contributed by atoms with Gasteiger partial charge in [0.25, 0.3) is 0 Å². The van der Waals surface area contributed by atoms with Gasteiger partial charge in [-0.25, -0.2) is 0 Å². The summed E-state index contributed by atoms with van der Waals surface area (Å²) in [7, 11) is 0. The molecule has 0 saturated carbocycles. The molecule has 4 nitrogen and oxygen atoms in total. The SMILES string of the molecule is CC1(C)[C@@H]2CSC3=C(SC[C@H]2C(C)(C)N1[O])SC(=C1SC2=C(OCCO2)S1)S3. The molecule has 0 bridgehead atoms. The molecule has 5 heterocycles. The van der Waals surface area contributed by atoms with Gasteiger partial charge in [-0.05, 0) is 63.1 Å². The molecule has 1 saturated heterocycles. The highest BCUT2D eigenvalue weighted by molar-refractivity contribution is 8.42. The fourth-order valence-electron chi connectivity index (χ4n) is 4.33. The number of nitrogens with zero attached hydrogens (tertiary/aromatic N) is 1. The van der Waals surface area contributed by atoms with Gasteiger partial charge in [0.05, 0.1) is 16.9 Å². The van der Waals surface area contributed by atoms with Crippen LogP contribution in [0, 0.1) is 11.8 Å². The molecule has 1 radical (unpaired) electrons. The molecule has 0 spiro atoms. The van der Waals surface area contributed by atoms with Crippen LogP contribution >= 0.6 is 70.6 Å². The Balaban J connectivity index is 1.34. The first-order valence-corrected chi connectivity index (χ1v) is 14.4. The topological polar surface area (TPSA) is 41.6 Å². The Bertz CT molecular complexity index is 745. The summed E-state index contributed by atoms with van der Waals surface area (Å²) < 4.78 is 16.9. The van der Waals surface area contributed by atoms with Crippen LogP contribution in [0.1, 0.15) is 27.7 Å². The second kappa shape index (κ2) is 7.46. The second-order valence-electron chi connectivity index (χ2n) is 8.27. The molecule has 0 aromatic rings. The predicted molar refractivity (Wildman–Crippen MR) is 126 cm³/mol. The van der Waals surface area contributed by atoms with Gasteiger partial charge in [-0.2, -0.15) is 0 Å². The van der Waals surface area contributed by atoms with Crippen molar-refractivity contribution in [1.29, 1.82) is 0 Å². The van der Waals surface area contributed by atoms with Crippen molar-refractivity contribution in [3.63, 3.8) is 0 Å². The Labute approximate surface area is 191 Å². The van der Waals surface area contributed by atoms with Crippen LogP contribution in [0.5, 0.6) is 0 Å². The minimum atomic E-state index is -0.313. The summed E-state index contributed by atoms with van der Waals surface area (Å²) in [5.41, 5.74) is -0.626. The highest BCUT2D eigenvalue weighted by atomic mass is 32.3. The summed E-state index contributed by atoms with van der Waals surface area (Å²) in [6, 6.07) is 0. The largest absolute Gasteiger partial charge is 0.480 e. The van der Waals surface area contributed by atoms with Crippen LogP contribution in [-0.4, -0.2) is 40.9 Å². The smallest absolute Gasteiger partial charge is 0.208 e. The third kappa shape index (κ3) is 3.29. The zero-order valence-electron chi connectivity index (χ0n) is 16.1. The van der Waals surface area contributed by atoms with Crippen LogP contribution in [0.25, 0.3) is 0 Å². The van der Waals surface area contributed by atoms with E-state index in [1.54, 1.807) is 23.5 Å². The van der Waals surface area contributed by atoms with E-state index in [-0.39, 0.29) is 11.1 Å². The Morgan fingerprint density at radius 2 is 1.18 bits per heavy atom. The van der Waals surface area contributed by atoms with E-state index >= 15 is 0 Å². The first-order chi connectivity index (χ1) is 13.3. The zero-order valence-corrected chi connectivity index (χ0v) is 21.0. The molecule has 5 rings (SSSR count). The fraction of sp³-hybridized carbons (Fsp3) is 0.667. The molecule has 0 unspecified atom stereocenters. The van der Waals surface area contributed by atoms with Crippen LogP contribution in [-0.2, 0) is 14.7 Å². The summed E-state index contributed by atoms with van der Waals surface area (Å²) in [5, 5.41) is 16.2. The van der Waals surface area contributed by atoms with Gasteiger partial charge in [0, 0.05) is 22.6 Å². The molecule has 1 fully saturated rings. The molecule has 5 aliphatic heterocycles. The summed E-state index contributed by atoms with van der Waals surface area (Å²) in [4.78, 5) is 0. The molecular formula is C18H22NO3S6. The lowest BCUT2D eigenvalue weighted by Gasteiger charge is -2.33. The molecule has 10 heteroatoms. The van der Waals surface area contributed by atoms with E-state index in [4.69, 9.17) is 9.47 Å². The summed E-state index contributed by atoms with van der Waals surface area (Å²) >= 11 is 11.1. The van der Waals surface area contributed by atoms with Gasteiger partial charge >= 0.3 is 0 Å². The van der Waals surface area contributed by atoms with E-state index < -0.39 is 0 Å². The van der Waals surface area contributed by atoms with Crippen LogP contribution in [0.3, 0.4) is 0 Å². The lowest BCUT2D eigenvalue weighted by atomic mass is 9.79. The molecule has 153 valence electrons. The Morgan fingerprint density at radius 1 is 0.750 bits per heavy atom. The maximum Gasteiger partial charge on any atom is 0.208 e. The number of thioether (sulfide) groups is 6. The number of hydrogen-bond donors (Lipinski definition) is 0. The number of rotatable bonds is 0. The Kier molecular flexibility index (Phi) is 5.52. The van der Waals surface area contributed by atoms with Crippen molar-refractivity contribution in [2.75, 3.05) is 24.7 Å². The first kappa shape index (κ1) is 20.7. The van der Waals surface area contributed by atoms with E-state index in [1.807, 2.05) is 47.0 Å². The van der Waals surface area contributed by atoms with E-state index in [1.165, 1.54) is 22.0 Å². The maximum absolute atomic E-state index is 13.0. The molecule has 0 aromatic heterocycles. The van der Waals surface area contributed by atoms with Gasteiger partial charge < -0.3 is 9.47 Å². The van der Waals surface area contributed by atoms with Crippen LogP contribution in [0.4, 0.5) is 0 Å². The lowest BCUT2D eigenvalue weighted by Crippen LogP contribution is -2.47. The van der Waals surface area contributed by atoms with Crippen LogP contribution < -0.4 is 0 Å². The Hall–Kier alpha value is 0.840. The standard InChI is InChI=1S/C18H22NO3S6/c1-17(2)9-7-23-13-14(24-8-10(9)18(3,4)19(17)20)28-16(27-13)15-25-11-12(26-15)22-6-5-21-11/h9-10H,5-8H2,1-4H3/t9-,10-/m1/s1. The summed E-state index contributed by atoms with van der Waals surface area (Å²) in [6.45, 7) is 9.78. The average Bonchev–Trinajstić information content (AvgIpc) is 3.26. The first-order valence-electron chi connectivity index (χ1n) is 9.21. The van der Waals surface area contributed by atoms with E-state index in [9.17, 15) is 5.21 Å². The number of fused-ring (bicyclic) bond motifs is 1. The summed E-state index contributed by atoms with van der Waals surface area (Å²) in [6.07, 6.45) is 0. The van der Waals surface area contributed by atoms with Crippen molar-refractivity contribution in [3.05, 3.63) is 27.1 Å². The van der Waals surface area contributed by atoms with Gasteiger partial charge in [0.2, 0.25) is 10.2 Å². The third-order valence-electron chi connectivity index (χ3n) is 5.93. The fourth-order valence-corrected chi connectivity index (χ4v) is 13.7. The van der Waals surface area contributed by atoms with Gasteiger partial charge in [0.15, 0.2) is 0 Å². The van der Waals surface area contributed by atoms with Gasteiger partial charge in [-0.1, -0.05) is 23.5 Å². The molecule has 5 aliphatic rings. The normalized spacial score (nSPS) is 34.5. The highest BCUT2D eigenvalue weighted by Gasteiger charge is 2.59. The van der Waals surface area contributed by atoms with Crippen molar-refractivity contribution in [2.45, 2.75) is 38.8 Å². The maximum atomic E-state index is 13.0. The van der Waals surface area contributed by atoms with Gasteiger partial charge in [-0.3, -0.25) is 0 Å². The van der Waals surface area contributed by atoms with Crippen molar-refractivity contribution in [1.82, 2.24) is 5.06 Å². The molecule has 2 atom stereocenters. The zero-order chi connectivity index (χ0) is 19.7. The molecule has 28 heavy (non-hydrogen) atoms. The van der Waals surface area contributed by atoms with Crippen molar-refractivity contribution < 1.29 is 14.7 Å². The molecule has 0 amide bonds. The average molecular weight is 493 g/mol. The van der Waals surface area contributed by atoms with Crippen molar-refractivity contribution in [2.24, 2.45) is 11.8 Å².